The van der Waals surface area contributed by atoms with E-state index in [0.29, 0.717) is 23.7 Å². The second-order valence-electron chi connectivity index (χ2n) is 3.98. The van der Waals surface area contributed by atoms with Gasteiger partial charge in [0.2, 0.25) is 16.4 Å². The van der Waals surface area contributed by atoms with Gasteiger partial charge in [0.05, 0.1) is 4.90 Å². The number of nitrogens with one attached hydrogen (secondary N) is 2. The monoisotopic (exact) mass is 316 g/mol. The normalized spacial score (nSPS) is 11.8. The van der Waals surface area contributed by atoms with Gasteiger partial charge in [-0.25, -0.2) is 13.1 Å². The van der Waals surface area contributed by atoms with E-state index in [1.165, 1.54) is 17.7 Å². The summed E-state index contributed by atoms with van der Waals surface area (Å²) in [7, 11) is -3.50. The number of rotatable bonds is 8. The van der Waals surface area contributed by atoms with Crippen molar-refractivity contribution in [3.8, 4) is 0 Å². The minimum atomic E-state index is -3.50. The Labute approximate surface area is 121 Å². The molecular weight excluding hydrogens is 300 g/mol. The van der Waals surface area contributed by atoms with Crippen LogP contribution in [0.3, 0.4) is 0 Å². The van der Waals surface area contributed by atoms with E-state index in [1.807, 2.05) is 6.92 Å². The van der Waals surface area contributed by atoms with Crippen molar-refractivity contribution in [2.45, 2.75) is 24.8 Å². The molecule has 0 unspecified atom stereocenters. The Kier molecular flexibility index (Phi) is 5.24. The highest BCUT2D eigenvalue weighted by Gasteiger charge is 2.19. The van der Waals surface area contributed by atoms with Crippen molar-refractivity contribution in [2.24, 2.45) is 0 Å². The summed E-state index contributed by atoms with van der Waals surface area (Å²) in [5.74, 6) is 0.478. The van der Waals surface area contributed by atoms with E-state index >= 15 is 0 Å². The van der Waals surface area contributed by atoms with Crippen LogP contribution in [0.4, 0.5) is 0 Å². The van der Waals surface area contributed by atoms with Crippen LogP contribution in [-0.4, -0.2) is 31.6 Å². The predicted octanol–water partition coefficient (Wildman–Crippen LogP) is 0.762. The van der Waals surface area contributed by atoms with E-state index in [0.717, 1.165) is 11.4 Å². The van der Waals surface area contributed by atoms with Gasteiger partial charge in [-0.1, -0.05) is 12.1 Å². The molecule has 7 nitrogen and oxygen atoms in total. The number of aromatic nitrogens is 2. The van der Waals surface area contributed by atoms with Gasteiger partial charge in [0.1, 0.15) is 0 Å². The van der Waals surface area contributed by atoms with Gasteiger partial charge >= 0.3 is 0 Å². The van der Waals surface area contributed by atoms with Gasteiger partial charge in [0, 0.05) is 24.4 Å². The Morgan fingerprint density at radius 2 is 2.30 bits per heavy atom. The Balaban J connectivity index is 1.97. The third kappa shape index (κ3) is 3.85. The summed E-state index contributed by atoms with van der Waals surface area (Å²) in [5, 5.41) is 8.53. The summed E-state index contributed by atoms with van der Waals surface area (Å²) in [4.78, 5) is 4.97. The molecule has 0 spiro atoms. The largest absolute Gasteiger partial charge is 0.343 e. The number of nitrogens with zero attached hydrogens (tertiary/aromatic N) is 2. The fraction of sp³-hybridized carbons (Fsp3) is 0.455. The lowest BCUT2D eigenvalue weighted by Gasteiger charge is -2.07. The van der Waals surface area contributed by atoms with Crippen LogP contribution in [0.15, 0.2) is 27.3 Å². The van der Waals surface area contributed by atoms with E-state index < -0.39 is 10.0 Å². The average molecular weight is 316 g/mol. The van der Waals surface area contributed by atoms with Crippen LogP contribution in [0.25, 0.3) is 0 Å². The molecule has 0 amide bonds. The minimum absolute atomic E-state index is 0.234. The molecule has 2 N–H and O–H groups in total. The van der Waals surface area contributed by atoms with Gasteiger partial charge in [0.25, 0.3) is 0 Å². The third-order valence-corrected chi connectivity index (χ3v) is 5.17. The SMILES string of the molecule is CCNCc1sccc1S(=O)(=O)NCCc1ncon1. The Morgan fingerprint density at radius 1 is 1.45 bits per heavy atom. The quantitative estimate of drug-likeness (QED) is 0.746. The van der Waals surface area contributed by atoms with Crippen molar-refractivity contribution in [1.29, 1.82) is 0 Å². The number of hydrogen-bond acceptors (Lipinski definition) is 7. The summed E-state index contributed by atoms with van der Waals surface area (Å²) in [6.45, 7) is 3.56. The standard InChI is InChI=1S/C11H16N4O3S2/c1-2-12-7-9-10(4-6-19-9)20(16,17)14-5-3-11-13-8-18-15-11/h4,6,8,12,14H,2-3,5,7H2,1H3. The van der Waals surface area contributed by atoms with Crippen LogP contribution in [0.2, 0.25) is 0 Å². The summed E-state index contributed by atoms with van der Waals surface area (Å²) >= 11 is 1.43. The van der Waals surface area contributed by atoms with Crippen LogP contribution in [-0.2, 0) is 23.0 Å². The van der Waals surface area contributed by atoms with Crippen LogP contribution in [0, 0.1) is 0 Å². The van der Waals surface area contributed by atoms with Crippen LogP contribution in [0.5, 0.6) is 0 Å². The molecule has 0 radical (unpaired) electrons. The first-order valence-electron chi connectivity index (χ1n) is 6.15. The summed E-state index contributed by atoms with van der Waals surface area (Å²) in [6, 6.07) is 1.62. The zero-order valence-corrected chi connectivity index (χ0v) is 12.6. The smallest absolute Gasteiger partial charge is 0.241 e. The Bertz CT molecular complexity index is 622. The Morgan fingerprint density at radius 3 is 3.00 bits per heavy atom. The van der Waals surface area contributed by atoms with Gasteiger partial charge < -0.3 is 9.84 Å². The minimum Gasteiger partial charge on any atom is -0.343 e. The number of thiophene rings is 1. The van der Waals surface area contributed by atoms with Crippen LogP contribution in [0.1, 0.15) is 17.6 Å². The molecule has 110 valence electrons. The second-order valence-corrected chi connectivity index (χ2v) is 6.72. The van der Waals surface area contributed by atoms with Gasteiger partial charge in [0.15, 0.2) is 5.82 Å². The molecule has 2 aromatic rings. The highest BCUT2D eigenvalue weighted by Crippen LogP contribution is 2.21. The van der Waals surface area contributed by atoms with Crippen molar-refractivity contribution in [3.63, 3.8) is 0 Å². The van der Waals surface area contributed by atoms with Crippen molar-refractivity contribution < 1.29 is 12.9 Å². The zero-order valence-electron chi connectivity index (χ0n) is 11.0. The number of hydrogen-bond donors (Lipinski definition) is 2. The molecule has 0 fully saturated rings. The van der Waals surface area contributed by atoms with Crippen LogP contribution >= 0.6 is 11.3 Å². The molecule has 0 atom stereocenters. The highest BCUT2D eigenvalue weighted by molar-refractivity contribution is 7.89. The van der Waals surface area contributed by atoms with Crippen molar-refractivity contribution in [2.75, 3.05) is 13.1 Å². The third-order valence-electron chi connectivity index (χ3n) is 2.58. The topological polar surface area (TPSA) is 97.1 Å². The molecule has 2 heterocycles. The van der Waals surface area contributed by atoms with Crippen molar-refractivity contribution in [1.82, 2.24) is 20.2 Å². The van der Waals surface area contributed by atoms with E-state index in [2.05, 4.69) is 24.7 Å². The lowest BCUT2D eigenvalue weighted by Crippen LogP contribution is -2.27. The molecule has 0 saturated heterocycles. The number of sulfonamides is 1. The zero-order chi connectivity index (χ0) is 14.4. The Hall–Kier alpha value is -1.29. The van der Waals surface area contributed by atoms with Gasteiger partial charge in [-0.3, -0.25) is 0 Å². The molecule has 0 bridgehead atoms. The lowest BCUT2D eigenvalue weighted by atomic mass is 10.4. The average Bonchev–Trinajstić information content (AvgIpc) is 3.07. The van der Waals surface area contributed by atoms with Gasteiger partial charge in [-0.2, -0.15) is 4.98 Å². The molecule has 0 aliphatic rings. The predicted molar refractivity (Wildman–Crippen MR) is 74.9 cm³/mol. The first-order chi connectivity index (χ1) is 9.63. The highest BCUT2D eigenvalue weighted by atomic mass is 32.2. The molecule has 0 aromatic carbocycles. The first kappa shape index (κ1) is 15.1. The molecule has 0 aliphatic carbocycles. The van der Waals surface area contributed by atoms with E-state index in [-0.39, 0.29) is 6.54 Å². The van der Waals surface area contributed by atoms with Crippen molar-refractivity contribution >= 4 is 21.4 Å². The first-order valence-corrected chi connectivity index (χ1v) is 8.51. The summed E-state index contributed by atoms with van der Waals surface area (Å²) in [5.41, 5.74) is 0. The van der Waals surface area contributed by atoms with Gasteiger partial charge in [-0.05, 0) is 18.0 Å². The fourth-order valence-corrected chi connectivity index (χ4v) is 4.06. The lowest BCUT2D eigenvalue weighted by molar-refractivity contribution is 0.410. The maximum Gasteiger partial charge on any atom is 0.241 e. The molecular formula is C11H16N4O3S2. The molecule has 9 heteroatoms. The fourth-order valence-electron chi connectivity index (χ4n) is 1.61. The maximum atomic E-state index is 12.2. The van der Waals surface area contributed by atoms with Crippen LogP contribution < -0.4 is 10.0 Å². The molecule has 2 aromatic heterocycles. The molecule has 2 rings (SSSR count). The van der Waals surface area contributed by atoms with E-state index in [1.54, 1.807) is 11.4 Å². The molecule has 0 saturated carbocycles. The molecule has 0 aliphatic heterocycles. The van der Waals surface area contributed by atoms with Gasteiger partial charge in [-0.15, -0.1) is 11.3 Å². The van der Waals surface area contributed by atoms with E-state index in [9.17, 15) is 8.42 Å². The summed E-state index contributed by atoms with van der Waals surface area (Å²) in [6.07, 6.45) is 1.61. The summed E-state index contributed by atoms with van der Waals surface area (Å²) < 4.78 is 31.6. The van der Waals surface area contributed by atoms with E-state index in [4.69, 9.17) is 0 Å². The van der Waals surface area contributed by atoms with Crippen molar-refractivity contribution in [3.05, 3.63) is 28.5 Å². The maximum absolute atomic E-state index is 12.2. The molecule has 20 heavy (non-hydrogen) atoms. The second kappa shape index (κ2) is 6.93.